The molecule has 1 aromatic carbocycles. The number of nitrogen functional groups attached to an aromatic ring is 1. The van der Waals surface area contributed by atoms with Crippen LogP contribution in [0.2, 0.25) is 0 Å². The molecule has 3 N–H and O–H groups in total. The third kappa shape index (κ3) is 11.1. The third-order valence-electron chi connectivity index (χ3n) is 7.45. The molecule has 1 radical (unpaired) electrons. The molecule has 3 aromatic rings. The Hall–Kier alpha value is -2.67. The Bertz CT molecular complexity index is 1090. The van der Waals surface area contributed by atoms with Crippen LogP contribution in [0.1, 0.15) is 122 Å². The lowest BCUT2D eigenvalue weighted by Crippen LogP contribution is -2.17. The molecule has 0 aliphatic rings. The molecule has 0 amide bonds. The highest BCUT2D eigenvalue weighted by molar-refractivity contribution is 5.71. The maximum Gasteiger partial charge on any atom is 0.280 e. The highest BCUT2D eigenvalue weighted by atomic mass is 16.5. The first-order valence-electron chi connectivity index (χ1n) is 15.4. The molecule has 0 fully saturated rings. The van der Waals surface area contributed by atoms with E-state index in [2.05, 4.69) is 21.9 Å². The molecule has 0 spiro atoms. The van der Waals surface area contributed by atoms with Crippen LogP contribution in [0, 0.1) is 6.04 Å². The van der Waals surface area contributed by atoms with Gasteiger partial charge in [0.25, 0.3) is 5.56 Å². The van der Waals surface area contributed by atoms with Crippen LogP contribution in [-0.4, -0.2) is 32.7 Å². The number of anilines is 1. The van der Waals surface area contributed by atoms with Crippen molar-refractivity contribution in [2.24, 2.45) is 0 Å². The van der Waals surface area contributed by atoms with Crippen LogP contribution in [0.3, 0.4) is 0 Å². The zero-order valence-corrected chi connectivity index (χ0v) is 24.1. The first-order chi connectivity index (χ1) is 19.2. The van der Waals surface area contributed by atoms with Gasteiger partial charge in [-0.15, -0.1) is 0 Å². The van der Waals surface area contributed by atoms with Crippen molar-refractivity contribution >= 4 is 17.1 Å². The number of benzene rings is 1. The van der Waals surface area contributed by atoms with Crippen molar-refractivity contribution in [1.82, 2.24) is 19.5 Å². The van der Waals surface area contributed by atoms with E-state index in [0.29, 0.717) is 18.7 Å². The van der Waals surface area contributed by atoms with Crippen LogP contribution < -0.4 is 11.3 Å². The molecule has 215 valence electrons. The minimum Gasteiger partial charge on any atom is -0.381 e. The Morgan fingerprint density at radius 2 is 1.38 bits per heavy atom. The minimum absolute atomic E-state index is 0.0846. The molecule has 0 saturated heterocycles. The maximum atomic E-state index is 12.2. The van der Waals surface area contributed by atoms with E-state index in [9.17, 15) is 4.79 Å². The summed E-state index contributed by atoms with van der Waals surface area (Å²) in [5, 5.41) is 0. The van der Waals surface area contributed by atoms with E-state index in [1.165, 1.54) is 96.3 Å². The first kappa shape index (κ1) is 30.9. The van der Waals surface area contributed by atoms with Crippen LogP contribution >= 0.6 is 0 Å². The minimum atomic E-state index is -0.330. The van der Waals surface area contributed by atoms with Gasteiger partial charge in [-0.05, 0) is 12.0 Å². The fraction of sp³-hybridized carbons (Fsp3) is 0.625. The number of hydrogen-bond acceptors (Lipinski definition) is 5. The maximum absolute atomic E-state index is 12.2. The van der Waals surface area contributed by atoms with E-state index in [4.69, 9.17) is 10.5 Å². The number of hydrogen-bond donors (Lipinski definition) is 2. The number of aromatic amines is 1. The molecular formula is C32H50N5O2. The molecule has 2 heterocycles. The van der Waals surface area contributed by atoms with Gasteiger partial charge in [-0.1, -0.05) is 134 Å². The van der Waals surface area contributed by atoms with Gasteiger partial charge in [-0.3, -0.25) is 9.78 Å². The van der Waals surface area contributed by atoms with Gasteiger partial charge in [-0.25, -0.2) is 4.98 Å². The molecule has 39 heavy (non-hydrogen) atoms. The van der Waals surface area contributed by atoms with Crippen LogP contribution in [0.5, 0.6) is 0 Å². The van der Waals surface area contributed by atoms with Gasteiger partial charge in [0.2, 0.25) is 5.95 Å². The van der Waals surface area contributed by atoms with Crippen LogP contribution in [0.4, 0.5) is 5.95 Å². The topological polar surface area (TPSA) is 98.8 Å². The van der Waals surface area contributed by atoms with E-state index >= 15 is 0 Å². The molecule has 7 nitrogen and oxygen atoms in total. The van der Waals surface area contributed by atoms with E-state index in [1.54, 1.807) is 6.33 Å². The molecule has 0 aliphatic carbocycles. The lowest BCUT2D eigenvalue weighted by atomic mass is 10.0. The fourth-order valence-electron chi connectivity index (χ4n) is 5.18. The van der Waals surface area contributed by atoms with Crippen molar-refractivity contribution < 1.29 is 4.74 Å². The van der Waals surface area contributed by atoms with Crippen LogP contribution in [0.25, 0.3) is 11.2 Å². The van der Waals surface area contributed by atoms with E-state index in [-0.39, 0.29) is 17.0 Å². The smallest absolute Gasteiger partial charge is 0.280 e. The van der Waals surface area contributed by atoms with Crippen molar-refractivity contribution in [3.8, 4) is 0 Å². The Morgan fingerprint density at radius 1 is 0.821 bits per heavy atom. The number of nitrogens with two attached hydrogens (primary N) is 1. The lowest BCUT2D eigenvalue weighted by Gasteiger charge is -2.18. The number of H-pyrrole nitrogens is 1. The van der Waals surface area contributed by atoms with Crippen molar-refractivity contribution in [2.45, 2.75) is 116 Å². The predicted molar refractivity (Wildman–Crippen MR) is 162 cm³/mol. The Labute approximate surface area is 235 Å². The van der Waals surface area contributed by atoms with Crippen molar-refractivity contribution in [1.29, 1.82) is 0 Å². The second kappa shape index (κ2) is 18.6. The van der Waals surface area contributed by atoms with E-state index in [0.717, 1.165) is 24.6 Å². The van der Waals surface area contributed by atoms with E-state index < -0.39 is 0 Å². The Kier molecular flexibility index (Phi) is 14.7. The highest BCUT2D eigenvalue weighted by Crippen LogP contribution is 2.24. The summed E-state index contributed by atoms with van der Waals surface area (Å²) in [4.78, 5) is 23.4. The number of rotatable bonds is 22. The summed E-state index contributed by atoms with van der Waals surface area (Å²) in [6.07, 6.45) is 24.2. The molecule has 0 saturated carbocycles. The summed E-state index contributed by atoms with van der Waals surface area (Å²) in [5.41, 5.74) is 7.27. The number of imidazole rings is 1. The fourth-order valence-corrected chi connectivity index (χ4v) is 5.18. The summed E-state index contributed by atoms with van der Waals surface area (Å²) in [6, 6.07) is 11.1. The molecular weight excluding hydrogens is 486 g/mol. The lowest BCUT2D eigenvalue weighted by molar-refractivity contribution is 0.129. The normalized spacial score (nSPS) is 11.6. The average Bonchev–Trinajstić information content (AvgIpc) is 3.36. The molecule has 7 heteroatoms. The largest absolute Gasteiger partial charge is 0.381 e. The zero-order chi connectivity index (χ0) is 27.5. The third-order valence-corrected chi connectivity index (χ3v) is 7.45. The summed E-state index contributed by atoms with van der Waals surface area (Å²) in [5.74, 6) is 0.0846. The Morgan fingerprint density at radius 3 is 1.97 bits per heavy atom. The highest BCUT2D eigenvalue weighted by Gasteiger charge is 2.20. The average molecular weight is 537 g/mol. The number of unbranched alkanes of at least 4 members (excludes halogenated alkanes) is 15. The monoisotopic (exact) mass is 536 g/mol. The molecule has 0 bridgehead atoms. The van der Waals surface area contributed by atoms with Crippen molar-refractivity contribution in [3.05, 3.63) is 58.6 Å². The zero-order valence-electron chi connectivity index (χ0n) is 24.1. The number of fused-ring (bicyclic) bond motifs is 1. The van der Waals surface area contributed by atoms with Gasteiger partial charge in [0.1, 0.15) is 6.04 Å². The summed E-state index contributed by atoms with van der Waals surface area (Å²) >= 11 is 0. The standard InChI is InChI=1S/C32H50N5O2/c1-2-3-4-5-6-7-8-9-10-11-12-13-14-15-16-20-24-39-25-23-28(27-21-18-17-19-22-27)37-26-34-29-30(37)35-32(33)36-31(29)38/h17-19,21-22,26H,2-16,20,23-25H2,1H3,(H3,33,35,36,38). The quantitative estimate of drug-likeness (QED) is 0.128. The summed E-state index contributed by atoms with van der Waals surface area (Å²) in [7, 11) is 0. The van der Waals surface area contributed by atoms with Gasteiger partial charge in [0.15, 0.2) is 11.2 Å². The second-order valence-corrected chi connectivity index (χ2v) is 10.7. The van der Waals surface area contributed by atoms with Gasteiger partial charge in [-0.2, -0.15) is 4.98 Å². The predicted octanol–water partition coefficient (Wildman–Crippen LogP) is 7.80. The van der Waals surface area contributed by atoms with Gasteiger partial charge in [0, 0.05) is 19.6 Å². The van der Waals surface area contributed by atoms with Crippen LogP contribution in [-0.2, 0) is 4.74 Å². The number of aromatic nitrogens is 4. The summed E-state index contributed by atoms with van der Waals surface area (Å²) in [6.45, 7) is 3.66. The SMILES string of the molecule is CCCCCCCCCCCCCCCCCCOCC[C](c1ccccc1)n1cnc2c(=O)[nH]c(N)nc21. The molecule has 3 rings (SSSR count). The number of nitrogens with zero attached hydrogens (tertiary/aromatic N) is 3. The van der Waals surface area contributed by atoms with Gasteiger partial charge < -0.3 is 15.0 Å². The van der Waals surface area contributed by atoms with Gasteiger partial charge in [0.05, 0.1) is 6.33 Å². The molecule has 2 aromatic heterocycles. The van der Waals surface area contributed by atoms with Crippen molar-refractivity contribution in [3.63, 3.8) is 0 Å². The van der Waals surface area contributed by atoms with E-state index in [1.807, 2.05) is 34.9 Å². The number of ether oxygens (including phenoxy) is 1. The molecule has 0 unspecified atom stereocenters. The van der Waals surface area contributed by atoms with Gasteiger partial charge >= 0.3 is 0 Å². The first-order valence-corrected chi connectivity index (χ1v) is 15.4. The molecule has 0 atom stereocenters. The Balaban J connectivity index is 1.25. The van der Waals surface area contributed by atoms with Crippen LogP contribution in [0.15, 0.2) is 41.5 Å². The number of nitrogens with one attached hydrogen (secondary N) is 1. The summed E-state index contributed by atoms with van der Waals surface area (Å²) < 4.78 is 7.85. The second-order valence-electron chi connectivity index (χ2n) is 10.7. The molecule has 0 aliphatic heterocycles. The van der Waals surface area contributed by atoms with Crippen molar-refractivity contribution in [2.75, 3.05) is 18.9 Å².